The molecule has 0 aromatic heterocycles. The highest BCUT2D eigenvalue weighted by molar-refractivity contribution is 6.31. The maximum atomic E-state index is 13.1. The average Bonchev–Trinajstić information content (AvgIpc) is 3.05. The number of carbonyl (C=O) groups is 2. The topological polar surface area (TPSA) is 58.6 Å². The molecule has 2 amide bonds. The molecule has 6 heteroatoms. The highest BCUT2D eigenvalue weighted by atomic mass is 35.5. The predicted molar refractivity (Wildman–Crippen MR) is 105 cm³/mol. The van der Waals surface area contributed by atoms with Crippen molar-refractivity contribution in [2.45, 2.75) is 39.7 Å². The molecule has 5 nitrogen and oxygen atoms in total. The summed E-state index contributed by atoms with van der Waals surface area (Å²) < 4.78 is 5.53. The minimum atomic E-state index is -0.628. The first-order chi connectivity index (χ1) is 12.7. The van der Waals surface area contributed by atoms with Crippen LogP contribution in [0.4, 0.5) is 0 Å². The van der Waals surface area contributed by atoms with Crippen molar-refractivity contribution in [2.75, 3.05) is 6.61 Å². The lowest BCUT2D eigenvalue weighted by Gasteiger charge is -2.35. The summed E-state index contributed by atoms with van der Waals surface area (Å²) in [4.78, 5) is 26.1. The fraction of sp³-hybridized carbons (Fsp3) is 0.333. The van der Waals surface area contributed by atoms with E-state index in [9.17, 15) is 9.59 Å². The number of rotatable bonds is 2. The molecule has 1 aliphatic rings. The highest BCUT2D eigenvalue weighted by Crippen LogP contribution is 2.28. The maximum Gasteiger partial charge on any atom is 0.272 e. The summed E-state index contributed by atoms with van der Waals surface area (Å²) in [7, 11) is 0. The monoisotopic (exact) mass is 386 g/mol. The van der Waals surface area contributed by atoms with Crippen LogP contribution in [0.1, 0.15) is 52.6 Å². The Hall–Kier alpha value is -2.53. The zero-order valence-corrected chi connectivity index (χ0v) is 16.7. The molecule has 0 spiro atoms. The Balaban J connectivity index is 1.91. The van der Waals surface area contributed by atoms with Gasteiger partial charge in [0.2, 0.25) is 0 Å². The summed E-state index contributed by atoms with van der Waals surface area (Å²) in [6.45, 7) is 8.02. The first-order valence-corrected chi connectivity index (χ1v) is 9.22. The molecule has 0 bridgehead atoms. The van der Waals surface area contributed by atoms with Crippen LogP contribution in [0.2, 0.25) is 5.02 Å². The molecular formula is C21H23ClN2O3. The van der Waals surface area contributed by atoms with E-state index in [1.165, 1.54) is 5.01 Å². The second-order valence-electron chi connectivity index (χ2n) is 7.65. The number of nitrogens with zero attached hydrogens (tertiary/aromatic N) is 1. The van der Waals surface area contributed by atoms with Gasteiger partial charge in [-0.3, -0.25) is 15.0 Å². The van der Waals surface area contributed by atoms with Crippen molar-refractivity contribution < 1.29 is 14.3 Å². The number of hydrogen-bond acceptors (Lipinski definition) is 3. The molecule has 0 aliphatic carbocycles. The van der Waals surface area contributed by atoms with Gasteiger partial charge < -0.3 is 4.74 Å². The number of benzene rings is 2. The van der Waals surface area contributed by atoms with E-state index in [0.717, 1.165) is 16.9 Å². The van der Waals surface area contributed by atoms with Crippen LogP contribution in [0.15, 0.2) is 36.4 Å². The summed E-state index contributed by atoms with van der Waals surface area (Å²) in [6.07, 6.45) is 0.676. The first-order valence-electron chi connectivity index (χ1n) is 8.84. The molecule has 0 saturated heterocycles. The summed E-state index contributed by atoms with van der Waals surface area (Å²) >= 11 is 6.11. The molecule has 1 aliphatic heterocycles. The summed E-state index contributed by atoms with van der Waals surface area (Å²) in [6, 6.07) is 10.5. The Morgan fingerprint density at radius 2 is 1.93 bits per heavy atom. The molecule has 0 radical (unpaired) electrons. The third kappa shape index (κ3) is 4.08. The number of carbonyl (C=O) groups excluding carboxylic acids is 2. The molecule has 0 atom stereocenters. The van der Waals surface area contributed by atoms with E-state index < -0.39 is 5.54 Å². The van der Waals surface area contributed by atoms with Crippen LogP contribution >= 0.6 is 11.6 Å². The van der Waals surface area contributed by atoms with Gasteiger partial charge in [0.05, 0.1) is 12.1 Å². The molecular weight excluding hydrogens is 364 g/mol. The smallest absolute Gasteiger partial charge is 0.272 e. The van der Waals surface area contributed by atoms with Crippen LogP contribution in [0.25, 0.3) is 0 Å². The Labute approximate surface area is 164 Å². The van der Waals surface area contributed by atoms with Gasteiger partial charge in [-0.2, -0.15) is 0 Å². The van der Waals surface area contributed by atoms with Crippen molar-refractivity contribution in [1.29, 1.82) is 0 Å². The van der Waals surface area contributed by atoms with E-state index in [-0.39, 0.29) is 11.8 Å². The van der Waals surface area contributed by atoms with Gasteiger partial charge in [0.1, 0.15) is 5.75 Å². The number of amides is 2. The van der Waals surface area contributed by atoms with Crippen LogP contribution in [-0.2, 0) is 6.42 Å². The lowest BCUT2D eigenvalue weighted by Crippen LogP contribution is -2.56. The average molecular weight is 387 g/mol. The molecule has 2 aromatic rings. The lowest BCUT2D eigenvalue weighted by molar-refractivity contribution is 0.0358. The summed E-state index contributed by atoms with van der Waals surface area (Å²) in [5.41, 5.74) is 4.86. The third-order valence-electron chi connectivity index (χ3n) is 4.36. The quantitative estimate of drug-likeness (QED) is 0.788. The number of fused-ring (bicyclic) bond motifs is 1. The fourth-order valence-corrected chi connectivity index (χ4v) is 3.40. The summed E-state index contributed by atoms with van der Waals surface area (Å²) in [5.74, 6) is 0.0754. The van der Waals surface area contributed by atoms with Gasteiger partial charge in [-0.05, 0) is 63.6 Å². The van der Waals surface area contributed by atoms with E-state index >= 15 is 0 Å². The van der Waals surface area contributed by atoms with E-state index in [0.29, 0.717) is 29.2 Å². The van der Waals surface area contributed by atoms with E-state index in [1.807, 2.05) is 33.8 Å². The van der Waals surface area contributed by atoms with Crippen molar-refractivity contribution in [3.8, 4) is 5.75 Å². The van der Waals surface area contributed by atoms with Crippen molar-refractivity contribution in [2.24, 2.45) is 0 Å². The largest absolute Gasteiger partial charge is 0.493 e. The van der Waals surface area contributed by atoms with Crippen LogP contribution in [-0.4, -0.2) is 29.0 Å². The number of aryl methyl sites for hydroxylation is 1. The molecule has 27 heavy (non-hydrogen) atoms. The predicted octanol–water partition coefficient (Wildman–Crippen LogP) is 4.17. The molecule has 0 unspecified atom stereocenters. The van der Waals surface area contributed by atoms with Gasteiger partial charge >= 0.3 is 0 Å². The Kier molecular flexibility index (Phi) is 5.16. The second-order valence-corrected chi connectivity index (χ2v) is 8.09. The number of hydrazine groups is 1. The van der Waals surface area contributed by atoms with E-state index in [2.05, 4.69) is 5.43 Å². The lowest BCUT2D eigenvalue weighted by atomic mass is 10.0. The Morgan fingerprint density at radius 3 is 2.59 bits per heavy atom. The zero-order chi connectivity index (χ0) is 19.8. The molecule has 0 fully saturated rings. The normalized spacial score (nSPS) is 12.9. The molecule has 1 N–H and O–H groups in total. The van der Waals surface area contributed by atoms with Gasteiger partial charge in [0.15, 0.2) is 0 Å². The number of nitrogens with one attached hydrogen (secondary N) is 1. The van der Waals surface area contributed by atoms with Crippen molar-refractivity contribution in [3.05, 3.63) is 63.7 Å². The highest BCUT2D eigenvalue weighted by Gasteiger charge is 2.31. The molecule has 1 heterocycles. The SMILES string of the molecule is Cc1cc(Cl)cc(C(=O)N(NC(=O)c2cccc3c2CCO3)C(C)(C)C)c1. The fourth-order valence-electron chi connectivity index (χ4n) is 3.11. The van der Waals surface area contributed by atoms with Crippen molar-refractivity contribution in [1.82, 2.24) is 10.4 Å². The Morgan fingerprint density at radius 1 is 1.19 bits per heavy atom. The van der Waals surface area contributed by atoms with Crippen molar-refractivity contribution in [3.63, 3.8) is 0 Å². The van der Waals surface area contributed by atoms with Gasteiger partial charge in [-0.1, -0.05) is 17.7 Å². The first kappa shape index (κ1) is 19.2. The van der Waals surface area contributed by atoms with Gasteiger partial charge in [0, 0.05) is 28.1 Å². The zero-order valence-electron chi connectivity index (χ0n) is 15.9. The van der Waals surface area contributed by atoms with Gasteiger partial charge in [-0.25, -0.2) is 5.01 Å². The Bertz CT molecular complexity index is 883. The maximum absolute atomic E-state index is 13.1. The molecule has 0 saturated carbocycles. The van der Waals surface area contributed by atoms with E-state index in [1.54, 1.807) is 30.3 Å². The summed E-state index contributed by atoms with van der Waals surface area (Å²) in [5, 5.41) is 1.84. The minimum Gasteiger partial charge on any atom is -0.493 e. The van der Waals surface area contributed by atoms with Crippen LogP contribution in [0, 0.1) is 6.92 Å². The van der Waals surface area contributed by atoms with Crippen LogP contribution in [0.3, 0.4) is 0 Å². The number of hydrogen-bond donors (Lipinski definition) is 1. The van der Waals surface area contributed by atoms with Gasteiger partial charge in [-0.15, -0.1) is 0 Å². The van der Waals surface area contributed by atoms with Gasteiger partial charge in [0.25, 0.3) is 11.8 Å². The van der Waals surface area contributed by atoms with E-state index in [4.69, 9.17) is 16.3 Å². The number of ether oxygens (including phenoxy) is 1. The number of halogens is 1. The molecule has 2 aromatic carbocycles. The standard InChI is InChI=1S/C21H23ClN2O3/c1-13-10-14(12-15(22)11-13)20(26)24(21(2,3)4)23-19(25)17-6-5-7-18-16(17)8-9-27-18/h5-7,10-12H,8-9H2,1-4H3,(H,23,25). The third-order valence-corrected chi connectivity index (χ3v) is 4.58. The van der Waals surface area contributed by atoms with Crippen molar-refractivity contribution >= 4 is 23.4 Å². The molecule has 3 rings (SSSR count). The second kappa shape index (κ2) is 7.24. The molecule has 142 valence electrons. The minimum absolute atomic E-state index is 0.315. The van der Waals surface area contributed by atoms with Crippen LogP contribution in [0.5, 0.6) is 5.75 Å². The van der Waals surface area contributed by atoms with Crippen LogP contribution < -0.4 is 10.2 Å².